The largest absolute Gasteiger partial charge is 0.497 e. The van der Waals surface area contributed by atoms with Crippen molar-refractivity contribution in [2.45, 2.75) is 4.83 Å². The zero-order valence-electron chi connectivity index (χ0n) is 6.66. The van der Waals surface area contributed by atoms with Crippen molar-refractivity contribution < 1.29 is 9.53 Å². The average molecular weight is 229 g/mol. The lowest BCUT2D eigenvalue weighted by atomic mass is 10.1. The van der Waals surface area contributed by atoms with E-state index in [0.29, 0.717) is 0 Å². The second kappa shape index (κ2) is 4.26. The number of hydrogen-bond acceptors (Lipinski definition) is 2. The average Bonchev–Trinajstić information content (AvgIpc) is 2.17. The Morgan fingerprint density at radius 2 is 2.33 bits per heavy atom. The predicted molar refractivity (Wildman–Crippen MR) is 50.7 cm³/mol. The topological polar surface area (TPSA) is 26.3 Å². The van der Waals surface area contributed by atoms with E-state index in [9.17, 15) is 4.79 Å². The predicted octanol–water partition coefficient (Wildman–Crippen LogP) is 2.33. The van der Waals surface area contributed by atoms with Crippen molar-refractivity contribution in [3.05, 3.63) is 29.8 Å². The van der Waals surface area contributed by atoms with Crippen molar-refractivity contribution in [2.75, 3.05) is 7.11 Å². The van der Waals surface area contributed by atoms with Crippen molar-refractivity contribution in [3.8, 4) is 5.75 Å². The van der Waals surface area contributed by atoms with Crippen LogP contribution in [0.2, 0.25) is 0 Å². The van der Waals surface area contributed by atoms with Crippen LogP contribution in [0.25, 0.3) is 0 Å². The van der Waals surface area contributed by atoms with Crippen LogP contribution in [-0.4, -0.2) is 13.4 Å². The van der Waals surface area contributed by atoms with E-state index in [2.05, 4.69) is 15.9 Å². The fraction of sp³-hybridized carbons (Fsp3) is 0.222. The Morgan fingerprint density at radius 3 is 2.92 bits per heavy atom. The first-order chi connectivity index (χ1) is 5.77. The molecule has 1 unspecified atom stereocenters. The Morgan fingerprint density at radius 1 is 1.58 bits per heavy atom. The monoisotopic (exact) mass is 228 g/mol. The van der Waals surface area contributed by atoms with Crippen LogP contribution in [-0.2, 0) is 4.79 Å². The Kier molecular flexibility index (Phi) is 3.29. The molecule has 1 atom stereocenters. The SMILES string of the molecule is COc1cccc(C(Br)C=O)c1. The van der Waals surface area contributed by atoms with Crippen LogP contribution in [0.4, 0.5) is 0 Å². The Balaban J connectivity index is 2.93. The highest BCUT2D eigenvalue weighted by atomic mass is 79.9. The van der Waals surface area contributed by atoms with E-state index in [4.69, 9.17) is 4.74 Å². The molecule has 0 fully saturated rings. The van der Waals surface area contributed by atoms with Gasteiger partial charge in [0.2, 0.25) is 0 Å². The molecule has 0 saturated carbocycles. The Bertz CT molecular complexity index is 273. The third-order valence-electron chi connectivity index (χ3n) is 1.53. The zero-order valence-corrected chi connectivity index (χ0v) is 8.24. The molecule has 0 saturated heterocycles. The highest BCUT2D eigenvalue weighted by Crippen LogP contribution is 2.23. The second-order valence-electron chi connectivity index (χ2n) is 2.31. The minimum atomic E-state index is -0.243. The van der Waals surface area contributed by atoms with Gasteiger partial charge in [0.05, 0.1) is 11.9 Å². The van der Waals surface area contributed by atoms with E-state index in [1.54, 1.807) is 7.11 Å². The highest BCUT2D eigenvalue weighted by molar-refractivity contribution is 9.09. The number of halogens is 1. The van der Waals surface area contributed by atoms with Gasteiger partial charge in [-0.05, 0) is 17.7 Å². The summed E-state index contributed by atoms with van der Waals surface area (Å²) < 4.78 is 5.01. The van der Waals surface area contributed by atoms with Crippen molar-refractivity contribution in [1.29, 1.82) is 0 Å². The standard InChI is InChI=1S/C9H9BrO2/c1-12-8-4-2-3-7(5-8)9(10)6-11/h2-6,9H,1H3. The minimum absolute atomic E-state index is 0.243. The summed E-state index contributed by atoms with van der Waals surface area (Å²) in [5, 5.41) is 0. The molecular weight excluding hydrogens is 220 g/mol. The molecule has 64 valence electrons. The first kappa shape index (κ1) is 9.26. The lowest BCUT2D eigenvalue weighted by Crippen LogP contribution is -1.91. The molecule has 0 aliphatic heterocycles. The molecule has 2 nitrogen and oxygen atoms in total. The normalized spacial score (nSPS) is 12.2. The molecule has 0 bridgehead atoms. The molecule has 12 heavy (non-hydrogen) atoms. The van der Waals surface area contributed by atoms with Crippen LogP contribution in [0.15, 0.2) is 24.3 Å². The first-order valence-corrected chi connectivity index (χ1v) is 4.43. The number of rotatable bonds is 3. The van der Waals surface area contributed by atoms with Gasteiger partial charge in [0, 0.05) is 0 Å². The Hall–Kier alpha value is -0.830. The summed E-state index contributed by atoms with van der Waals surface area (Å²) in [6.07, 6.45) is 0.842. The third-order valence-corrected chi connectivity index (χ3v) is 2.28. The van der Waals surface area contributed by atoms with Crippen molar-refractivity contribution in [2.24, 2.45) is 0 Å². The molecule has 0 aromatic heterocycles. The number of carbonyl (C=O) groups excluding carboxylic acids is 1. The molecule has 1 aromatic carbocycles. The first-order valence-electron chi connectivity index (χ1n) is 3.51. The van der Waals surface area contributed by atoms with Gasteiger partial charge < -0.3 is 9.53 Å². The number of ether oxygens (including phenoxy) is 1. The van der Waals surface area contributed by atoms with Crippen molar-refractivity contribution in [1.82, 2.24) is 0 Å². The number of aldehydes is 1. The molecule has 0 N–H and O–H groups in total. The molecule has 0 aliphatic carbocycles. The summed E-state index contributed by atoms with van der Waals surface area (Å²) in [6.45, 7) is 0. The number of carbonyl (C=O) groups is 1. The lowest BCUT2D eigenvalue weighted by Gasteiger charge is -2.04. The maximum Gasteiger partial charge on any atom is 0.138 e. The summed E-state index contributed by atoms with van der Waals surface area (Å²) >= 11 is 3.22. The van der Waals surface area contributed by atoms with Crippen LogP contribution >= 0.6 is 15.9 Å². The molecule has 0 radical (unpaired) electrons. The summed E-state index contributed by atoms with van der Waals surface area (Å²) in [5.74, 6) is 0.763. The van der Waals surface area contributed by atoms with Gasteiger partial charge in [-0.25, -0.2) is 0 Å². The van der Waals surface area contributed by atoms with Gasteiger partial charge in [-0.3, -0.25) is 0 Å². The van der Waals surface area contributed by atoms with Gasteiger partial charge in [-0.1, -0.05) is 28.1 Å². The quantitative estimate of drug-likeness (QED) is 0.587. The van der Waals surface area contributed by atoms with Gasteiger partial charge in [0.15, 0.2) is 0 Å². The fourth-order valence-electron chi connectivity index (χ4n) is 0.892. The molecule has 0 aliphatic rings. The minimum Gasteiger partial charge on any atom is -0.497 e. The van der Waals surface area contributed by atoms with E-state index in [-0.39, 0.29) is 4.83 Å². The van der Waals surface area contributed by atoms with E-state index in [1.165, 1.54) is 0 Å². The van der Waals surface area contributed by atoms with Gasteiger partial charge in [-0.2, -0.15) is 0 Å². The van der Waals surface area contributed by atoms with Crippen LogP contribution in [0.3, 0.4) is 0 Å². The number of hydrogen-bond donors (Lipinski definition) is 0. The fourth-order valence-corrected chi connectivity index (χ4v) is 1.18. The van der Waals surface area contributed by atoms with E-state index in [1.807, 2.05) is 24.3 Å². The number of methoxy groups -OCH3 is 1. The van der Waals surface area contributed by atoms with Crippen LogP contribution < -0.4 is 4.74 Å². The van der Waals surface area contributed by atoms with Crippen LogP contribution in [0.1, 0.15) is 10.4 Å². The van der Waals surface area contributed by atoms with Gasteiger partial charge in [0.25, 0.3) is 0 Å². The maximum absolute atomic E-state index is 10.4. The zero-order chi connectivity index (χ0) is 8.97. The molecule has 3 heteroatoms. The van der Waals surface area contributed by atoms with Crippen LogP contribution in [0.5, 0.6) is 5.75 Å². The van der Waals surface area contributed by atoms with E-state index < -0.39 is 0 Å². The smallest absolute Gasteiger partial charge is 0.138 e. The molecule has 1 aromatic rings. The van der Waals surface area contributed by atoms with Gasteiger partial charge >= 0.3 is 0 Å². The molecule has 1 rings (SSSR count). The molecule has 0 spiro atoms. The summed E-state index contributed by atoms with van der Waals surface area (Å²) in [4.78, 5) is 10.2. The van der Waals surface area contributed by atoms with Crippen LogP contribution in [0, 0.1) is 0 Å². The van der Waals surface area contributed by atoms with Crippen molar-refractivity contribution in [3.63, 3.8) is 0 Å². The summed E-state index contributed by atoms with van der Waals surface area (Å²) in [7, 11) is 1.60. The van der Waals surface area contributed by atoms with Gasteiger partial charge in [-0.15, -0.1) is 0 Å². The Labute approximate surface area is 79.7 Å². The number of benzene rings is 1. The van der Waals surface area contributed by atoms with E-state index >= 15 is 0 Å². The molecule has 0 amide bonds. The maximum atomic E-state index is 10.4. The highest BCUT2D eigenvalue weighted by Gasteiger charge is 2.05. The molecular formula is C9H9BrO2. The lowest BCUT2D eigenvalue weighted by molar-refractivity contribution is -0.107. The molecule has 0 heterocycles. The summed E-state index contributed by atoms with van der Waals surface area (Å²) in [6, 6.07) is 7.39. The van der Waals surface area contributed by atoms with E-state index in [0.717, 1.165) is 17.6 Å². The third kappa shape index (κ3) is 2.08. The number of alkyl halides is 1. The van der Waals surface area contributed by atoms with Gasteiger partial charge in [0.1, 0.15) is 12.0 Å². The second-order valence-corrected chi connectivity index (χ2v) is 3.30. The summed E-state index contributed by atoms with van der Waals surface area (Å²) in [5.41, 5.74) is 0.907. The van der Waals surface area contributed by atoms with Crippen molar-refractivity contribution >= 4 is 22.2 Å².